The van der Waals surface area contributed by atoms with E-state index in [9.17, 15) is 0 Å². The first-order valence-corrected chi connectivity index (χ1v) is 16.7. The zero-order valence-electron chi connectivity index (χ0n) is 25.6. The third-order valence-electron chi connectivity index (χ3n) is 9.11. The maximum absolute atomic E-state index is 6.13. The van der Waals surface area contributed by atoms with Crippen LogP contribution in [0.15, 0.2) is 156 Å². The zero-order valence-corrected chi connectivity index (χ0v) is 26.4. The third-order valence-corrected chi connectivity index (χ3v) is 10.3. The Hall–Kier alpha value is -6.17. The van der Waals surface area contributed by atoms with Crippen molar-refractivity contribution in [3.63, 3.8) is 0 Å². The molecule has 5 heteroatoms. The van der Waals surface area contributed by atoms with Crippen molar-refractivity contribution >= 4 is 64.2 Å². The van der Waals surface area contributed by atoms with Crippen LogP contribution < -0.4 is 0 Å². The largest absolute Gasteiger partial charge is 0.456 e. The van der Waals surface area contributed by atoms with E-state index in [1.54, 1.807) is 11.3 Å². The van der Waals surface area contributed by atoms with Gasteiger partial charge in [-0.2, -0.15) is 0 Å². The second-order valence-corrected chi connectivity index (χ2v) is 13.2. The molecule has 0 aliphatic rings. The number of hydrogen-bond donors (Lipinski definition) is 0. The maximum atomic E-state index is 6.13. The highest BCUT2D eigenvalue weighted by Crippen LogP contribution is 2.37. The molecule has 0 bridgehead atoms. The van der Waals surface area contributed by atoms with Crippen LogP contribution in [0.1, 0.15) is 0 Å². The van der Waals surface area contributed by atoms with Gasteiger partial charge in [-0.25, -0.2) is 15.0 Å². The van der Waals surface area contributed by atoms with Gasteiger partial charge in [0.25, 0.3) is 0 Å². The minimum Gasteiger partial charge on any atom is -0.456 e. The molecular formula is C43H25N3OS. The van der Waals surface area contributed by atoms with Crippen molar-refractivity contribution in [3.05, 3.63) is 152 Å². The molecule has 0 aliphatic carbocycles. The van der Waals surface area contributed by atoms with Crippen molar-refractivity contribution in [2.45, 2.75) is 0 Å². The van der Waals surface area contributed by atoms with E-state index in [2.05, 4.69) is 115 Å². The third kappa shape index (κ3) is 4.48. The van der Waals surface area contributed by atoms with Gasteiger partial charge in [0, 0.05) is 47.6 Å². The summed E-state index contributed by atoms with van der Waals surface area (Å²) < 4.78 is 8.65. The van der Waals surface area contributed by atoms with E-state index in [1.165, 1.54) is 36.7 Å². The number of benzene rings is 7. The van der Waals surface area contributed by atoms with Gasteiger partial charge in [-0.15, -0.1) is 11.3 Å². The van der Waals surface area contributed by atoms with Gasteiger partial charge in [0.1, 0.15) is 11.2 Å². The molecule has 7 aromatic carbocycles. The van der Waals surface area contributed by atoms with Crippen molar-refractivity contribution in [1.82, 2.24) is 15.0 Å². The minimum atomic E-state index is 0.621. The summed E-state index contributed by atoms with van der Waals surface area (Å²) in [5.74, 6) is 1.90. The zero-order chi connectivity index (χ0) is 31.6. The van der Waals surface area contributed by atoms with E-state index in [-0.39, 0.29) is 0 Å². The Morgan fingerprint density at radius 2 is 0.917 bits per heavy atom. The van der Waals surface area contributed by atoms with Crippen molar-refractivity contribution in [2.75, 3.05) is 0 Å². The van der Waals surface area contributed by atoms with E-state index in [0.29, 0.717) is 17.5 Å². The van der Waals surface area contributed by atoms with Crippen LogP contribution in [0.2, 0.25) is 0 Å². The fourth-order valence-corrected chi connectivity index (χ4v) is 7.78. The Balaban J connectivity index is 1.17. The van der Waals surface area contributed by atoms with Crippen LogP contribution in [0.3, 0.4) is 0 Å². The molecule has 0 unspecified atom stereocenters. The number of rotatable bonds is 4. The molecular weight excluding hydrogens is 607 g/mol. The summed E-state index contributed by atoms with van der Waals surface area (Å²) in [5.41, 5.74) is 6.87. The molecule has 10 rings (SSSR count). The average Bonchev–Trinajstić information content (AvgIpc) is 3.72. The van der Waals surface area contributed by atoms with Crippen LogP contribution in [0.4, 0.5) is 0 Å². The van der Waals surface area contributed by atoms with Crippen LogP contribution in [-0.2, 0) is 0 Å². The normalized spacial score (nSPS) is 11.8. The Bertz CT molecular complexity index is 2720. The predicted molar refractivity (Wildman–Crippen MR) is 199 cm³/mol. The first-order valence-electron chi connectivity index (χ1n) is 15.9. The second kappa shape index (κ2) is 10.7. The summed E-state index contributed by atoms with van der Waals surface area (Å²) in [6.07, 6.45) is 0. The summed E-state index contributed by atoms with van der Waals surface area (Å²) >= 11 is 1.81. The first-order chi connectivity index (χ1) is 23.7. The highest BCUT2D eigenvalue weighted by Gasteiger charge is 2.16. The standard InChI is InChI=1S/C43H25N3OS/c1-2-8-26(9-3-1)28-16-14-27-15-17-29(23-32(27)22-28)41-44-42(30-18-20-38-35(24-30)33-10-4-6-12-37(33)47-38)46-43(45-41)31-19-21-40-36(25-31)34-11-5-7-13-39(34)48-40/h1-25H. The van der Waals surface area contributed by atoms with Crippen LogP contribution >= 0.6 is 11.3 Å². The number of nitrogens with zero attached hydrogens (tertiary/aromatic N) is 3. The van der Waals surface area contributed by atoms with Gasteiger partial charge < -0.3 is 4.42 Å². The molecule has 4 nitrogen and oxygen atoms in total. The van der Waals surface area contributed by atoms with Crippen LogP contribution in [-0.4, -0.2) is 15.0 Å². The summed E-state index contributed by atoms with van der Waals surface area (Å²) in [7, 11) is 0. The molecule has 0 saturated carbocycles. The van der Waals surface area contributed by atoms with Crippen molar-refractivity contribution in [1.29, 1.82) is 0 Å². The molecule has 48 heavy (non-hydrogen) atoms. The van der Waals surface area contributed by atoms with Gasteiger partial charge in [-0.3, -0.25) is 0 Å². The van der Waals surface area contributed by atoms with E-state index >= 15 is 0 Å². The number of aromatic nitrogens is 3. The molecule has 0 amide bonds. The molecule has 0 saturated heterocycles. The fraction of sp³-hybridized carbons (Fsp3) is 0. The highest BCUT2D eigenvalue weighted by molar-refractivity contribution is 7.25. The van der Waals surface area contributed by atoms with Gasteiger partial charge in [-0.1, -0.05) is 91.0 Å². The highest BCUT2D eigenvalue weighted by atomic mass is 32.1. The topological polar surface area (TPSA) is 51.8 Å². The molecule has 10 aromatic rings. The van der Waals surface area contributed by atoms with Crippen LogP contribution in [0.5, 0.6) is 0 Å². The second-order valence-electron chi connectivity index (χ2n) is 12.1. The molecule has 3 heterocycles. The van der Waals surface area contributed by atoms with Crippen molar-refractivity contribution in [2.24, 2.45) is 0 Å². The van der Waals surface area contributed by atoms with E-state index in [0.717, 1.165) is 44.0 Å². The number of hydrogen-bond acceptors (Lipinski definition) is 5. The van der Waals surface area contributed by atoms with Gasteiger partial charge >= 0.3 is 0 Å². The van der Waals surface area contributed by atoms with Gasteiger partial charge in [0.15, 0.2) is 17.5 Å². The lowest BCUT2D eigenvalue weighted by molar-refractivity contribution is 0.669. The average molecular weight is 632 g/mol. The lowest BCUT2D eigenvalue weighted by Crippen LogP contribution is -2.00. The summed E-state index contributed by atoms with van der Waals surface area (Å²) in [6, 6.07) is 52.9. The molecule has 0 atom stereocenters. The molecule has 0 radical (unpaired) electrons. The number of thiophene rings is 1. The predicted octanol–water partition coefficient (Wildman–Crippen LogP) is 12.0. The Morgan fingerprint density at radius 3 is 1.73 bits per heavy atom. The van der Waals surface area contributed by atoms with E-state index in [1.807, 2.05) is 36.4 Å². The SMILES string of the molecule is c1ccc(-c2ccc3ccc(-c4nc(-c5ccc6oc7ccccc7c6c5)nc(-c5ccc6sc7ccccc7c6c5)n4)cc3c2)cc1. The molecule has 0 fully saturated rings. The fourth-order valence-electron chi connectivity index (χ4n) is 6.69. The lowest BCUT2D eigenvalue weighted by Gasteiger charge is -2.10. The Labute approximate surface area is 279 Å². The summed E-state index contributed by atoms with van der Waals surface area (Å²) in [4.78, 5) is 15.3. The van der Waals surface area contributed by atoms with Gasteiger partial charge in [0.2, 0.25) is 0 Å². The van der Waals surface area contributed by atoms with E-state index in [4.69, 9.17) is 19.4 Å². The van der Waals surface area contributed by atoms with Crippen molar-refractivity contribution in [3.8, 4) is 45.3 Å². The summed E-state index contributed by atoms with van der Waals surface area (Å²) in [5, 5.41) is 6.87. The molecule has 0 spiro atoms. The molecule has 0 N–H and O–H groups in total. The summed E-state index contributed by atoms with van der Waals surface area (Å²) in [6.45, 7) is 0. The molecule has 0 aliphatic heterocycles. The van der Waals surface area contributed by atoms with Gasteiger partial charge in [-0.05, 0) is 82.6 Å². The van der Waals surface area contributed by atoms with E-state index < -0.39 is 0 Å². The van der Waals surface area contributed by atoms with Crippen LogP contribution in [0.25, 0.3) is 98.2 Å². The first kappa shape index (κ1) is 27.0. The number of para-hydroxylation sites is 1. The van der Waals surface area contributed by atoms with Gasteiger partial charge in [0.05, 0.1) is 0 Å². The smallest absolute Gasteiger partial charge is 0.164 e. The van der Waals surface area contributed by atoms with Crippen molar-refractivity contribution < 1.29 is 4.42 Å². The Kier molecular flexibility index (Phi) is 6.01. The lowest BCUT2D eigenvalue weighted by atomic mass is 10.00. The molecule has 224 valence electrons. The molecule has 3 aromatic heterocycles. The minimum absolute atomic E-state index is 0.621. The number of furan rings is 1. The number of fused-ring (bicyclic) bond motifs is 7. The monoisotopic (exact) mass is 631 g/mol. The van der Waals surface area contributed by atoms with Crippen LogP contribution in [0, 0.1) is 0 Å². The quantitative estimate of drug-likeness (QED) is 0.194. The maximum Gasteiger partial charge on any atom is 0.164 e. The Morgan fingerprint density at radius 1 is 0.354 bits per heavy atom.